The molecule has 1 saturated heterocycles. The quantitative estimate of drug-likeness (QED) is 0.887. The van der Waals surface area contributed by atoms with Crippen LogP contribution >= 0.6 is 0 Å². The first-order chi connectivity index (χ1) is 8.62. The second kappa shape index (κ2) is 5.51. The van der Waals surface area contributed by atoms with Gasteiger partial charge in [-0.2, -0.15) is 5.26 Å². The van der Waals surface area contributed by atoms with Crippen LogP contribution in [0.25, 0.3) is 0 Å². The Morgan fingerprint density at radius 2 is 2.39 bits per heavy atom. The van der Waals surface area contributed by atoms with Crippen molar-refractivity contribution in [2.75, 3.05) is 6.61 Å². The van der Waals surface area contributed by atoms with Crippen LogP contribution in [0, 0.1) is 11.3 Å². The summed E-state index contributed by atoms with van der Waals surface area (Å²) >= 11 is 0. The summed E-state index contributed by atoms with van der Waals surface area (Å²) in [7, 11) is 0. The van der Waals surface area contributed by atoms with Crippen molar-refractivity contribution in [3.63, 3.8) is 0 Å². The molecule has 96 valence electrons. The summed E-state index contributed by atoms with van der Waals surface area (Å²) in [5.41, 5.74) is 0.503. The summed E-state index contributed by atoms with van der Waals surface area (Å²) in [6, 6.07) is 9.30. The van der Waals surface area contributed by atoms with Crippen molar-refractivity contribution in [3.05, 3.63) is 35.4 Å². The summed E-state index contributed by atoms with van der Waals surface area (Å²) in [5, 5.41) is 19.4. The predicted octanol–water partition coefficient (Wildman–Crippen LogP) is 2.72. The van der Waals surface area contributed by atoms with Gasteiger partial charge >= 0.3 is 0 Å². The molecule has 0 aliphatic carbocycles. The van der Waals surface area contributed by atoms with Crippen molar-refractivity contribution >= 4 is 0 Å². The van der Waals surface area contributed by atoms with Crippen molar-refractivity contribution < 1.29 is 9.84 Å². The van der Waals surface area contributed by atoms with Crippen LogP contribution in [0.2, 0.25) is 0 Å². The molecule has 0 amide bonds. The van der Waals surface area contributed by atoms with Gasteiger partial charge in [-0.1, -0.05) is 12.1 Å². The lowest BCUT2D eigenvalue weighted by atomic mass is 9.89. The van der Waals surface area contributed by atoms with Crippen LogP contribution in [-0.2, 0) is 10.3 Å². The van der Waals surface area contributed by atoms with Gasteiger partial charge in [0.2, 0.25) is 0 Å². The number of nitriles is 1. The van der Waals surface area contributed by atoms with Gasteiger partial charge in [0, 0.05) is 6.61 Å². The Bertz CT molecular complexity index is 442. The molecule has 18 heavy (non-hydrogen) atoms. The molecule has 2 rings (SSSR count). The maximum absolute atomic E-state index is 10.5. The van der Waals surface area contributed by atoms with Crippen LogP contribution < -0.4 is 0 Å². The maximum atomic E-state index is 10.5. The zero-order valence-corrected chi connectivity index (χ0v) is 10.7. The molecule has 1 aliphatic heterocycles. The van der Waals surface area contributed by atoms with Gasteiger partial charge in [-0.3, -0.25) is 0 Å². The van der Waals surface area contributed by atoms with Crippen LogP contribution in [0.1, 0.15) is 43.7 Å². The number of hydrogen-bond acceptors (Lipinski definition) is 3. The first-order valence-electron chi connectivity index (χ1n) is 6.46. The predicted molar refractivity (Wildman–Crippen MR) is 68.9 cm³/mol. The number of rotatable bonds is 4. The summed E-state index contributed by atoms with van der Waals surface area (Å²) < 4.78 is 5.57. The van der Waals surface area contributed by atoms with Gasteiger partial charge in [0.1, 0.15) is 0 Å². The molecule has 3 heteroatoms. The van der Waals surface area contributed by atoms with E-state index < -0.39 is 5.60 Å². The average molecular weight is 245 g/mol. The average Bonchev–Trinajstić information content (AvgIpc) is 2.90. The van der Waals surface area contributed by atoms with Crippen LogP contribution in [0.15, 0.2) is 24.3 Å². The third kappa shape index (κ3) is 3.10. The largest absolute Gasteiger partial charge is 0.385 e. The molecule has 1 aromatic carbocycles. The van der Waals surface area contributed by atoms with E-state index in [0.29, 0.717) is 12.0 Å². The molecule has 0 spiro atoms. The molecule has 1 heterocycles. The molecule has 0 saturated carbocycles. The third-order valence-corrected chi connectivity index (χ3v) is 3.59. The summed E-state index contributed by atoms with van der Waals surface area (Å²) in [4.78, 5) is 0. The molecule has 2 atom stereocenters. The second-order valence-corrected chi connectivity index (χ2v) is 5.14. The smallest absolute Gasteiger partial charge is 0.0991 e. The van der Waals surface area contributed by atoms with Gasteiger partial charge in [0.05, 0.1) is 23.3 Å². The highest BCUT2D eigenvalue weighted by molar-refractivity contribution is 5.35. The zero-order valence-electron chi connectivity index (χ0n) is 10.7. The van der Waals surface area contributed by atoms with Gasteiger partial charge in [-0.05, 0) is 50.3 Å². The lowest BCUT2D eigenvalue weighted by molar-refractivity contribution is 0.0220. The van der Waals surface area contributed by atoms with E-state index >= 15 is 0 Å². The van der Waals surface area contributed by atoms with Crippen molar-refractivity contribution in [2.45, 2.75) is 44.3 Å². The van der Waals surface area contributed by atoms with Crippen LogP contribution in [0.5, 0.6) is 0 Å². The molecule has 0 radical (unpaired) electrons. The van der Waals surface area contributed by atoms with E-state index in [9.17, 15) is 5.11 Å². The fourth-order valence-electron chi connectivity index (χ4n) is 2.38. The van der Waals surface area contributed by atoms with E-state index in [4.69, 9.17) is 10.00 Å². The van der Waals surface area contributed by atoms with E-state index in [0.717, 1.165) is 31.4 Å². The van der Waals surface area contributed by atoms with Crippen molar-refractivity contribution in [3.8, 4) is 6.07 Å². The number of ether oxygens (including phenoxy) is 1. The van der Waals surface area contributed by atoms with E-state index in [-0.39, 0.29) is 6.10 Å². The topological polar surface area (TPSA) is 53.2 Å². The zero-order chi connectivity index (χ0) is 13.0. The van der Waals surface area contributed by atoms with Gasteiger partial charge in [0.25, 0.3) is 0 Å². The highest BCUT2D eigenvalue weighted by Crippen LogP contribution is 2.29. The Morgan fingerprint density at radius 3 is 3.06 bits per heavy atom. The monoisotopic (exact) mass is 245 g/mol. The molecule has 1 aromatic rings. The van der Waals surface area contributed by atoms with E-state index in [1.807, 2.05) is 12.1 Å². The number of hydrogen-bond donors (Lipinski definition) is 1. The third-order valence-electron chi connectivity index (χ3n) is 3.59. The Labute approximate surface area is 108 Å². The molecule has 1 N–H and O–H groups in total. The fourth-order valence-corrected chi connectivity index (χ4v) is 2.38. The Balaban J connectivity index is 2.02. The Morgan fingerprint density at radius 1 is 1.56 bits per heavy atom. The summed E-state index contributed by atoms with van der Waals surface area (Å²) in [6.07, 6.45) is 4.03. The van der Waals surface area contributed by atoms with Crippen LogP contribution in [0.3, 0.4) is 0 Å². The van der Waals surface area contributed by atoms with Gasteiger partial charge < -0.3 is 9.84 Å². The van der Waals surface area contributed by atoms with E-state index in [1.165, 1.54) is 0 Å². The molecule has 0 bridgehead atoms. The van der Waals surface area contributed by atoms with Crippen molar-refractivity contribution in [2.24, 2.45) is 0 Å². The highest BCUT2D eigenvalue weighted by atomic mass is 16.5. The fraction of sp³-hybridized carbons (Fsp3) is 0.533. The Hall–Kier alpha value is -1.37. The molecule has 1 aliphatic rings. The minimum atomic E-state index is -0.890. The van der Waals surface area contributed by atoms with Crippen LogP contribution in [-0.4, -0.2) is 17.8 Å². The van der Waals surface area contributed by atoms with Crippen molar-refractivity contribution in [1.29, 1.82) is 5.26 Å². The van der Waals surface area contributed by atoms with E-state index in [2.05, 4.69) is 6.07 Å². The van der Waals surface area contributed by atoms with Gasteiger partial charge in [0.15, 0.2) is 0 Å². The first kappa shape index (κ1) is 13.1. The number of benzene rings is 1. The molecule has 3 nitrogen and oxygen atoms in total. The molecule has 0 aromatic heterocycles. The second-order valence-electron chi connectivity index (χ2n) is 5.14. The van der Waals surface area contributed by atoms with Gasteiger partial charge in [-0.25, -0.2) is 0 Å². The summed E-state index contributed by atoms with van der Waals surface area (Å²) in [6.45, 7) is 2.65. The SMILES string of the molecule is CC(O)(CCC1CCCO1)c1cccc(C#N)c1. The maximum Gasteiger partial charge on any atom is 0.0991 e. The standard InChI is InChI=1S/C15H19NO2/c1-15(17,8-7-14-6-3-9-18-14)13-5-2-4-12(10-13)11-16/h2,4-5,10,14,17H,3,6-9H2,1H3. The number of nitrogens with zero attached hydrogens (tertiary/aromatic N) is 1. The summed E-state index contributed by atoms with van der Waals surface area (Å²) in [5.74, 6) is 0. The lowest BCUT2D eigenvalue weighted by Crippen LogP contribution is -2.23. The first-order valence-corrected chi connectivity index (χ1v) is 6.46. The minimum absolute atomic E-state index is 0.288. The lowest BCUT2D eigenvalue weighted by Gasteiger charge is -2.25. The molecular formula is C15H19NO2. The minimum Gasteiger partial charge on any atom is -0.385 e. The normalized spacial score (nSPS) is 22.4. The highest BCUT2D eigenvalue weighted by Gasteiger charge is 2.26. The van der Waals surface area contributed by atoms with E-state index in [1.54, 1.807) is 19.1 Å². The molecule has 2 unspecified atom stereocenters. The Kier molecular flexibility index (Phi) is 4.00. The molecular weight excluding hydrogens is 226 g/mol. The number of aliphatic hydroxyl groups is 1. The van der Waals surface area contributed by atoms with Gasteiger partial charge in [-0.15, -0.1) is 0 Å². The van der Waals surface area contributed by atoms with Crippen molar-refractivity contribution in [1.82, 2.24) is 0 Å². The molecule has 1 fully saturated rings. The van der Waals surface area contributed by atoms with Crippen LogP contribution in [0.4, 0.5) is 0 Å².